The van der Waals surface area contributed by atoms with Crippen LogP contribution in [0.2, 0.25) is 0 Å². The van der Waals surface area contributed by atoms with Crippen LogP contribution < -0.4 is 0 Å². The van der Waals surface area contributed by atoms with Gasteiger partial charge in [0.15, 0.2) is 0 Å². The second kappa shape index (κ2) is 5.00. The zero-order chi connectivity index (χ0) is 12.2. The van der Waals surface area contributed by atoms with E-state index < -0.39 is 0 Å². The fraction of sp³-hybridized carbons (Fsp3) is 0.308. The summed E-state index contributed by atoms with van der Waals surface area (Å²) in [5.41, 5.74) is 2.43. The maximum Gasteiger partial charge on any atom is 0.0992 e. The van der Waals surface area contributed by atoms with Crippen molar-refractivity contribution in [1.29, 1.82) is 0 Å². The number of nitrogens with zero attached hydrogens (tertiary/aromatic N) is 5. The number of rotatable bonds is 0. The molecule has 0 atom stereocenters. The molecule has 0 unspecified atom stereocenters. The zero-order valence-electron chi connectivity index (χ0n) is 10.1. The smallest absolute Gasteiger partial charge is 0.0992 e. The summed E-state index contributed by atoms with van der Waals surface area (Å²) in [4.78, 5) is 7.85. The number of aromatic nitrogens is 5. The lowest BCUT2D eigenvalue weighted by Crippen LogP contribution is -2.10. The van der Waals surface area contributed by atoms with Crippen molar-refractivity contribution in [3.63, 3.8) is 0 Å². The van der Waals surface area contributed by atoms with Gasteiger partial charge in [-0.25, -0.2) is 4.98 Å². The predicted octanol–water partition coefficient (Wildman–Crippen LogP) is 1.95. The minimum atomic E-state index is 1.03. The quantitative estimate of drug-likeness (QED) is 0.604. The fourth-order valence-electron chi connectivity index (χ4n) is 2.11. The Bertz CT molecular complexity index is 574. The highest BCUT2D eigenvalue weighted by atomic mass is 15.3. The van der Waals surface area contributed by atoms with Crippen molar-refractivity contribution in [3.8, 4) is 0 Å². The molecular formula is C13H15N5. The molecule has 0 aromatic carbocycles. The van der Waals surface area contributed by atoms with Crippen LogP contribution in [0.15, 0.2) is 43.4 Å². The molecule has 0 aliphatic carbocycles. The number of aryl methyl sites for hydroxylation is 2. The summed E-state index contributed by atoms with van der Waals surface area (Å²) in [6, 6.07) is 2.11. The van der Waals surface area contributed by atoms with E-state index in [2.05, 4.69) is 25.8 Å². The molecule has 18 heavy (non-hydrogen) atoms. The first-order valence-electron chi connectivity index (χ1n) is 6.16. The second-order valence-electron chi connectivity index (χ2n) is 4.30. The van der Waals surface area contributed by atoms with E-state index in [0.717, 1.165) is 12.1 Å². The number of hydrogen-bond acceptors (Lipinski definition) is 3. The van der Waals surface area contributed by atoms with E-state index in [1.807, 2.05) is 16.8 Å². The third-order valence-electron chi connectivity index (χ3n) is 3.07. The molecule has 0 fully saturated rings. The van der Waals surface area contributed by atoms with Gasteiger partial charge in [0.05, 0.1) is 24.2 Å². The van der Waals surface area contributed by atoms with Crippen molar-refractivity contribution in [2.75, 3.05) is 0 Å². The van der Waals surface area contributed by atoms with E-state index >= 15 is 0 Å². The lowest BCUT2D eigenvalue weighted by molar-refractivity contribution is 0.486. The molecule has 0 amide bonds. The van der Waals surface area contributed by atoms with Crippen LogP contribution in [0, 0.1) is 0 Å². The van der Waals surface area contributed by atoms with Crippen molar-refractivity contribution < 1.29 is 0 Å². The first-order valence-corrected chi connectivity index (χ1v) is 6.16. The summed E-state index contributed by atoms with van der Waals surface area (Å²) in [5.74, 6) is 0. The minimum absolute atomic E-state index is 1.03. The summed E-state index contributed by atoms with van der Waals surface area (Å²) in [6.45, 7) is 1.13. The van der Waals surface area contributed by atoms with Gasteiger partial charge in [-0.3, -0.25) is 9.67 Å². The molecule has 3 aromatic heterocycles. The van der Waals surface area contributed by atoms with Crippen molar-refractivity contribution >= 4 is 5.52 Å². The normalized spacial score (nSPS) is 13.8. The molecule has 3 aromatic rings. The van der Waals surface area contributed by atoms with Gasteiger partial charge in [0.1, 0.15) is 0 Å². The van der Waals surface area contributed by atoms with E-state index in [1.54, 1.807) is 24.9 Å². The molecule has 4 heterocycles. The van der Waals surface area contributed by atoms with E-state index in [-0.39, 0.29) is 0 Å². The molecule has 0 spiro atoms. The van der Waals surface area contributed by atoms with Crippen LogP contribution in [0.25, 0.3) is 5.52 Å². The van der Waals surface area contributed by atoms with Gasteiger partial charge in [-0.15, -0.1) is 0 Å². The van der Waals surface area contributed by atoms with Crippen LogP contribution in [0.5, 0.6) is 0 Å². The van der Waals surface area contributed by atoms with Gasteiger partial charge in [0.2, 0.25) is 0 Å². The van der Waals surface area contributed by atoms with Crippen molar-refractivity contribution in [2.45, 2.75) is 25.8 Å². The predicted molar refractivity (Wildman–Crippen MR) is 68.2 cm³/mol. The average Bonchev–Trinajstić information content (AvgIpc) is 3.08. The molecule has 5 heteroatoms. The monoisotopic (exact) mass is 241 g/mol. The molecule has 0 saturated heterocycles. The second-order valence-corrected chi connectivity index (χ2v) is 4.30. The maximum atomic E-state index is 4.17. The summed E-state index contributed by atoms with van der Waals surface area (Å²) < 4.78 is 4.01. The first-order chi connectivity index (χ1) is 8.93. The lowest BCUT2D eigenvalue weighted by atomic mass is 10.1. The van der Waals surface area contributed by atoms with Crippen molar-refractivity contribution in [1.82, 2.24) is 24.1 Å². The Kier molecular flexibility index (Phi) is 3.04. The van der Waals surface area contributed by atoms with Crippen LogP contribution >= 0.6 is 0 Å². The third-order valence-corrected chi connectivity index (χ3v) is 3.07. The van der Waals surface area contributed by atoms with Crippen LogP contribution in [-0.2, 0) is 13.0 Å². The topological polar surface area (TPSA) is 48.0 Å². The van der Waals surface area contributed by atoms with E-state index in [4.69, 9.17) is 0 Å². The number of imidazole rings is 1. The first kappa shape index (κ1) is 11.0. The standard InChI is InChI=1S/C7H10N2.C6H5N3/c1-2-6-9-7(3-1)4-5-8-9;1-2-9-5-8-4-6(9)3-7-1/h4-5H,1-3,6H2;1-5H. The van der Waals surface area contributed by atoms with Gasteiger partial charge in [-0.2, -0.15) is 5.10 Å². The van der Waals surface area contributed by atoms with Crippen molar-refractivity contribution in [2.24, 2.45) is 0 Å². The van der Waals surface area contributed by atoms with Gasteiger partial charge in [-0.1, -0.05) is 0 Å². The largest absolute Gasteiger partial charge is 0.303 e. The van der Waals surface area contributed by atoms with Crippen LogP contribution in [-0.4, -0.2) is 24.1 Å². The Morgan fingerprint density at radius 1 is 1.06 bits per heavy atom. The van der Waals surface area contributed by atoms with E-state index in [9.17, 15) is 0 Å². The Morgan fingerprint density at radius 2 is 2.00 bits per heavy atom. The molecule has 0 saturated carbocycles. The Hall–Kier alpha value is -2.17. The maximum absolute atomic E-state index is 4.17. The fourth-order valence-corrected chi connectivity index (χ4v) is 2.11. The molecule has 1 aliphatic heterocycles. The van der Waals surface area contributed by atoms with E-state index in [1.165, 1.54) is 25.0 Å². The molecule has 0 N–H and O–H groups in total. The number of fused-ring (bicyclic) bond motifs is 2. The van der Waals surface area contributed by atoms with E-state index in [0.29, 0.717) is 0 Å². The van der Waals surface area contributed by atoms with Gasteiger partial charge in [0, 0.05) is 30.8 Å². The summed E-state index contributed by atoms with van der Waals surface area (Å²) in [6.07, 6.45) is 14.6. The third kappa shape index (κ3) is 2.25. The number of hydrogen-bond donors (Lipinski definition) is 0. The molecule has 5 nitrogen and oxygen atoms in total. The SMILES string of the molecule is c1cc2n(n1)CCCC2.c1cn2cncc2cn1. The van der Waals surface area contributed by atoms with Gasteiger partial charge in [0.25, 0.3) is 0 Å². The van der Waals surface area contributed by atoms with Gasteiger partial charge < -0.3 is 4.40 Å². The Balaban J connectivity index is 0.000000111. The van der Waals surface area contributed by atoms with Gasteiger partial charge >= 0.3 is 0 Å². The zero-order valence-corrected chi connectivity index (χ0v) is 10.1. The summed E-state index contributed by atoms with van der Waals surface area (Å²) in [7, 11) is 0. The Morgan fingerprint density at radius 3 is 2.89 bits per heavy atom. The molecule has 0 bridgehead atoms. The highest BCUT2D eigenvalue weighted by Gasteiger charge is 2.06. The van der Waals surface area contributed by atoms with Gasteiger partial charge in [-0.05, 0) is 25.3 Å². The molecule has 1 aliphatic rings. The van der Waals surface area contributed by atoms with Crippen LogP contribution in [0.3, 0.4) is 0 Å². The molecule has 4 rings (SSSR count). The van der Waals surface area contributed by atoms with Crippen LogP contribution in [0.4, 0.5) is 0 Å². The molecule has 0 radical (unpaired) electrons. The summed E-state index contributed by atoms with van der Waals surface area (Å²) in [5, 5.41) is 4.17. The highest BCUT2D eigenvalue weighted by molar-refractivity contribution is 5.40. The molecular weight excluding hydrogens is 226 g/mol. The summed E-state index contributed by atoms with van der Waals surface area (Å²) >= 11 is 0. The van der Waals surface area contributed by atoms with Crippen molar-refractivity contribution in [3.05, 3.63) is 49.1 Å². The minimum Gasteiger partial charge on any atom is -0.303 e. The van der Waals surface area contributed by atoms with Crippen LogP contribution in [0.1, 0.15) is 18.5 Å². The lowest BCUT2D eigenvalue weighted by Gasteiger charge is -2.11. The Labute approximate surface area is 105 Å². The average molecular weight is 241 g/mol. The molecule has 92 valence electrons. The highest BCUT2D eigenvalue weighted by Crippen LogP contribution is 2.11.